The van der Waals surface area contributed by atoms with Crippen molar-refractivity contribution in [1.82, 2.24) is 0 Å². The lowest BCUT2D eigenvalue weighted by Crippen LogP contribution is -2.57. The minimum Gasteiger partial charge on any atom is -0.245 e. The molecule has 2 unspecified atom stereocenters. The molecule has 13 heteroatoms. The van der Waals surface area contributed by atoms with E-state index >= 15 is 0 Å². The van der Waals surface area contributed by atoms with E-state index in [0.29, 0.717) is 0 Å². The molecule has 0 aliphatic rings. The Morgan fingerprint density at radius 2 is 0.842 bits per heavy atom. The van der Waals surface area contributed by atoms with E-state index in [1.54, 1.807) is 0 Å². The first-order valence-corrected chi connectivity index (χ1v) is 4.74. The highest BCUT2D eigenvalue weighted by Gasteiger charge is 2.73. The summed E-state index contributed by atoms with van der Waals surface area (Å²) in [4.78, 5) is 0. The third-order valence-corrected chi connectivity index (χ3v) is 2.13. The van der Waals surface area contributed by atoms with Crippen LogP contribution in [0.25, 0.3) is 0 Å². The van der Waals surface area contributed by atoms with Gasteiger partial charge in [0.2, 0.25) is 11.3 Å². The second kappa shape index (κ2) is 5.32. The van der Waals surface area contributed by atoms with Gasteiger partial charge in [-0.25, -0.2) is 13.5 Å². The van der Waals surface area contributed by atoms with Gasteiger partial charge < -0.3 is 0 Å². The Morgan fingerprint density at radius 3 is 1.00 bits per heavy atom. The van der Waals surface area contributed by atoms with Gasteiger partial charge in [-0.1, -0.05) is 23.2 Å². The summed E-state index contributed by atoms with van der Waals surface area (Å²) in [7, 11) is 0. The second-order valence-electron chi connectivity index (χ2n) is 2.98. The minimum absolute atomic E-state index is 1.86. The lowest BCUT2D eigenvalue weighted by atomic mass is 10.3. The van der Waals surface area contributed by atoms with Crippen LogP contribution >= 0.6 is 23.2 Å². The molecule has 0 aromatic carbocycles. The van der Waals surface area contributed by atoms with Crippen LogP contribution in [0, 0.1) is 0 Å². The van der Waals surface area contributed by atoms with Gasteiger partial charge in [0.15, 0.2) is 0 Å². The topological polar surface area (TPSA) is 9.23 Å². The van der Waals surface area contributed by atoms with Crippen molar-refractivity contribution in [2.24, 2.45) is 0 Å². The summed E-state index contributed by atoms with van der Waals surface area (Å²) in [6.07, 6.45) is -12.9. The van der Waals surface area contributed by atoms with Crippen molar-refractivity contribution < 1.29 is 48.6 Å². The van der Waals surface area contributed by atoms with Crippen LogP contribution in [0.5, 0.6) is 0 Å². The molecule has 0 aromatic rings. The average Bonchev–Trinajstić information content (AvgIpc) is 2.14. The Hall–Kier alpha value is -0.160. The number of hydrogen-bond acceptors (Lipinski definition) is 1. The van der Waals surface area contributed by atoms with Crippen LogP contribution in [0.2, 0.25) is 0 Å². The summed E-state index contributed by atoms with van der Waals surface area (Å²) in [5.41, 5.74) is -8.46. The average molecular weight is 351 g/mol. The molecular weight excluding hydrogens is 349 g/mol. The summed E-state index contributed by atoms with van der Waals surface area (Å²) in [6.45, 7) is 0. The summed E-state index contributed by atoms with van der Waals surface area (Å²) in [6, 6.07) is 0. The molecule has 0 saturated heterocycles. The number of halogens is 12. The van der Waals surface area contributed by atoms with E-state index < -0.39 is 35.3 Å². The molecule has 0 heterocycles. The summed E-state index contributed by atoms with van der Waals surface area (Å²) >= 11 is 7.90. The van der Waals surface area contributed by atoms with Crippen molar-refractivity contribution in [3.05, 3.63) is 0 Å². The van der Waals surface area contributed by atoms with Gasteiger partial charge in [-0.3, -0.25) is 0 Å². The van der Waals surface area contributed by atoms with Gasteiger partial charge in [0, 0.05) is 0 Å². The number of alkyl halides is 12. The van der Waals surface area contributed by atoms with Crippen molar-refractivity contribution in [2.45, 2.75) is 35.3 Å². The maximum atomic E-state index is 12.5. The standard InChI is InChI=1S/C6H2Cl2F10O/c7-1(9)3(11,12)5(15,16)19-6(17,18)4(13,14)2(8)10/h1-2H. The van der Waals surface area contributed by atoms with E-state index in [4.69, 9.17) is 0 Å². The van der Waals surface area contributed by atoms with Crippen LogP contribution in [0.3, 0.4) is 0 Å². The molecule has 0 bridgehead atoms. The molecule has 1 nitrogen and oxygen atoms in total. The van der Waals surface area contributed by atoms with E-state index in [2.05, 4.69) is 23.2 Å². The number of hydrogen-bond donors (Lipinski definition) is 0. The van der Waals surface area contributed by atoms with Gasteiger partial charge in [0.1, 0.15) is 0 Å². The zero-order chi connectivity index (χ0) is 15.9. The molecule has 19 heavy (non-hydrogen) atoms. The predicted octanol–water partition coefficient (Wildman–Crippen LogP) is 4.53. The smallest absolute Gasteiger partial charge is 0.245 e. The lowest BCUT2D eigenvalue weighted by molar-refractivity contribution is -0.472. The molecule has 0 aromatic heterocycles. The number of rotatable bonds is 6. The van der Waals surface area contributed by atoms with Gasteiger partial charge in [-0.2, -0.15) is 35.1 Å². The molecule has 0 saturated carbocycles. The first-order valence-electron chi connectivity index (χ1n) is 3.87. The molecular formula is C6H2Cl2F10O. The molecule has 0 rings (SSSR count). The normalized spacial score (nSPS) is 18.3. The van der Waals surface area contributed by atoms with Crippen molar-refractivity contribution >= 4 is 23.2 Å². The highest BCUT2D eigenvalue weighted by atomic mass is 35.5. The Balaban J connectivity index is 5.34. The van der Waals surface area contributed by atoms with Crippen LogP contribution in [0.4, 0.5) is 43.9 Å². The first-order chi connectivity index (χ1) is 8.09. The number of ether oxygens (including phenoxy) is 1. The Labute approximate surface area is 108 Å². The molecule has 0 N–H and O–H groups in total. The van der Waals surface area contributed by atoms with Crippen molar-refractivity contribution in [3.8, 4) is 0 Å². The van der Waals surface area contributed by atoms with E-state index in [9.17, 15) is 43.9 Å². The Bertz CT molecular complexity index is 287. The third-order valence-electron chi connectivity index (χ3n) is 1.58. The summed E-state index contributed by atoms with van der Waals surface area (Å²) < 4.78 is 125. The predicted molar refractivity (Wildman–Crippen MR) is 42.4 cm³/mol. The van der Waals surface area contributed by atoms with Crippen LogP contribution in [0.1, 0.15) is 0 Å². The zero-order valence-corrected chi connectivity index (χ0v) is 9.61. The zero-order valence-electron chi connectivity index (χ0n) is 8.10. The van der Waals surface area contributed by atoms with Crippen molar-refractivity contribution in [2.75, 3.05) is 0 Å². The Morgan fingerprint density at radius 1 is 0.632 bits per heavy atom. The fourth-order valence-electron chi connectivity index (χ4n) is 0.551. The highest BCUT2D eigenvalue weighted by Crippen LogP contribution is 2.49. The fraction of sp³-hybridized carbons (Fsp3) is 1.00. The van der Waals surface area contributed by atoms with Gasteiger partial charge in [0.25, 0.3) is 0 Å². The first kappa shape index (κ1) is 18.8. The molecule has 0 aliphatic heterocycles. The van der Waals surface area contributed by atoms with E-state index in [0.717, 1.165) is 0 Å². The van der Waals surface area contributed by atoms with E-state index in [1.807, 2.05) is 4.74 Å². The highest BCUT2D eigenvalue weighted by molar-refractivity contribution is 6.20. The van der Waals surface area contributed by atoms with Gasteiger partial charge in [0.05, 0.1) is 0 Å². The molecule has 0 spiro atoms. The molecule has 0 amide bonds. The van der Waals surface area contributed by atoms with Gasteiger partial charge in [-0.15, -0.1) is 0 Å². The lowest BCUT2D eigenvalue weighted by Gasteiger charge is -2.32. The second-order valence-corrected chi connectivity index (χ2v) is 3.75. The van der Waals surface area contributed by atoms with E-state index in [1.165, 1.54) is 0 Å². The minimum atomic E-state index is -6.45. The van der Waals surface area contributed by atoms with Crippen LogP contribution in [0.15, 0.2) is 0 Å². The summed E-state index contributed by atoms with van der Waals surface area (Å²) in [5, 5.41) is 0. The molecule has 116 valence electrons. The SMILES string of the molecule is FC(Cl)C(F)(F)C(F)(F)OC(F)(F)C(F)(F)C(F)Cl. The maximum absolute atomic E-state index is 12.5. The van der Waals surface area contributed by atoms with Crippen molar-refractivity contribution in [3.63, 3.8) is 0 Å². The third kappa shape index (κ3) is 3.48. The van der Waals surface area contributed by atoms with Crippen LogP contribution in [-0.2, 0) is 4.74 Å². The summed E-state index contributed by atoms with van der Waals surface area (Å²) in [5.74, 6) is -12.2. The molecule has 2 atom stereocenters. The van der Waals surface area contributed by atoms with E-state index in [-0.39, 0.29) is 0 Å². The largest absolute Gasteiger partial charge is 0.428 e. The monoisotopic (exact) mass is 350 g/mol. The molecule has 0 radical (unpaired) electrons. The van der Waals surface area contributed by atoms with Gasteiger partial charge >= 0.3 is 24.1 Å². The quantitative estimate of drug-likeness (QED) is 0.505. The maximum Gasteiger partial charge on any atom is 0.428 e. The fourth-order valence-corrected chi connectivity index (χ4v) is 0.805. The van der Waals surface area contributed by atoms with Crippen LogP contribution in [-0.4, -0.2) is 35.3 Å². The van der Waals surface area contributed by atoms with Crippen LogP contribution < -0.4 is 0 Å². The van der Waals surface area contributed by atoms with Crippen molar-refractivity contribution in [1.29, 1.82) is 0 Å². The van der Waals surface area contributed by atoms with Gasteiger partial charge in [-0.05, 0) is 0 Å². The molecule has 0 fully saturated rings. The Kier molecular flexibility index (Phi) is 5.27. The molecule has 0 aliphatic carbocycles.